The fraction of sp³-hybridized carbons (Fsp3) is 0.647. The van der Waals surface area contributed by atoms with Crippen LogP contribution in [0.1, 0.15) is 58.3 Å². The first-order chi connectivity index (χ1) is 10.2. The maximum atomic E-state index is 5.32. The standard InChI is InChI=1S/C17H27Br2NO/c1-3-4-5-6-7-8-9-10-11-20-16-13-17(21-2)15(19)12-14(16)18/h12-13,20H,3-11H2,1-2H3. The second kappa shape index (κ2) is 11.4. The van der Waals surface area contributed by atoms with E-state index in [1.807, 2.05) is 12.1 Å². The molecule has 0 aliphatic carbocycles. The normalized spacial score (nSPS) is 10.7. The van der Waals surface area contributed by atoms with Crippen molar-refractivity contribution in [1.29, 1.82) is 0 Å². The molecule has 0 saturated carbocycles. The molecule has 0 aromatic heterocycles. The van der Waals surface area contributed by atoms with Gasteiger partial charge in [0.2, 0.25) is 0 Å². The highest BCUT2D eigenvalue weighted by Gasteiger charge is 2.06. The Morgan fingerprint density at radius 2 is 1.52 bits per heavy atom. The van der Waals surface area contributed by atoms with Gasteiger partial charge in [-0.15, -0.1) is 0 Å². The van der Waals surface area contributed by atoms with E-state index >= 15 is 0 Å². The molecule has 0 atom stereocenters. The topological polar surface area (TPSA) is 21.3 Å². The zero-order valence-electron chi connectivity index (χ0n) is 13.2. The first-order valence-corrected chi connectivity index (χ1v) is 9.54. The second-order valence-electron chi connectivity index (χ2n) is 5.37. The third-order valence-electron chi connectivity index (χ3n) is 3.59. The van der Waals surface area contributed by atoms with Crippen LogP contribution in [0.3, 0.4) is 0 Å². The summed E-state index contributed by atoms with van der Waals surface area (Å²) in [5, 5.41) is 3.48. The minimum atomic E-state index is 0.858. The molecule has 1 aromatic rings. The van der Waals surface area contributed by atoms with Crippen LogP contribution in [0.25, 0.3) is 0 Å². The highest BCUT2D eigenvalue weighted by atomic mass is 79.9. The molecule has 1 rings (SSSR count). The smallest absolute Gasteiger partial charge is 0.135 e. The Hall–Kier alpha value is -0.220. The van der Waals surface area contributed by atoms with Crippen LogP contribution < -0.4 is 10.1 Å². The minimum Gasteiger partial charge on any atom is -0.495 e. The van der Waals surface area contributed by atoms with Crippen molar-refractivity contribution in [2.45, 2.75) is 58.3 Å². The summed E-state index contributed by atoms with van der Waals surface area (Å²) >= 11 is 7.07. The Labute approximate surface area is 146 Å². The number of halogens is 2. The van der Waals surface area contributed by atoms with E-state index in [0.717, 1.165) is 26.9 Å². The monoisotopic (exact) mass is 419 g/mol. The molecule has 0 amide bonds. The minimum absolute atomic E-state index is 0.858. The summed E-state index contributed by atoms with van der Waals surface area (Å²) in [6.07, 6.45) is 10.8. The van der Waals surface area contributed by atoms with Crippen molar-refractivity contribution in [3.8, 4) is 5.75 Å². The number of hydrogen-bond donors (Lipinski definition) is 1. The molecule has 0 fully saturated rings. The summed E-state index contributed by atoms with van der Waals surface area (Å²) in [5.74, 6) is 0.858. The van der Waals surface area contributed by atoms with Crippen molar-refractivity contribution in [2.24, 2.45) is 0 Å². The van der Waals surface area contributed by atoms with E-state index in [1.165, 1.54) is 51.4 Å². The maximum absolute atomic E-state index is 5.32. The molecule has 4 heteroatoms. The number of anilines is 1. The van der Waals surface area contributed by atoms with Crippen molar-refractivity contribution in [3.05, 3.63) is 21.1 Å². The summed E-state index contributed by atoms with van der Waals surface area (Å²) in [6.45, 7) is 3.28. The van der Waals surface area contributed by atoms with Gasteiger partial charge in [-0.1, -0.05) is 51.9 Å². The molecule has 21 heavy (non-hydrogen) atoms. The van der Waals surface area contributed by atoms with E-state index in [2.05, 4.69) is 44.1 Å². The van der Waals surface area contributed by atoms with Gasteiger partial charge in [0.1, 0.15) is 5.75 Å². The molecule has 0 radical (unpaired) electrons. The van der Waals surface area contributed by atoms with Crippen LogP contribution in [0.5, 0.6) is 5.75 Å². The summed E-state index contributed by atoms with van der Waals surface area (Å²) in [6, 6.07) is 4.05. The van der Waals surface area contributed by atoms with E-state index in [9.17, 15) is 0 Å². The van der Waals surface area contributed by atoms with Gasteiger partial charge in [-0.05, 0) is 44.3 Å². The van der Waals surface area contributed by atoms with Crippen LogP contribution in [-0.4, -0.2) is 13.7 Å². The molecule has 0 aliphatic rings. The molecule has 0 aliphatic heterocycles. The zero-order valence-corrected chi connectivity index (χ0v) is 16.4. The molecule has 2 nitrogen and oxygen atoms in total. The lowest BCUT2D eigenvalue weighted by Gasteiger charge is -2.12. The van der Waals surface area contributed by atoms with E-state index < -0.39 is 0 Å². The predicted molar refractivity (Wildman–Crippen MR) is 99.5 cm³/mol. The lowest BCUT2D eigenvalue weighted by Crippen LogP contribution is -2.02. The number of benzene rings is 1. The average Bonchev–Trinajstić information content (AvgIpc) is 2.47. The first kappa shape index (κ1) is 18.8. The van der Waals surface area contributed by atoms with Crippen LogP contribution in [0.4, 0.5) is 5.69 Å². The van der Waals surface area contributed by atoms with E-state index in [-0.39, 0.29) is 0 Å². The molecule has 120 valence electrons. The van der Waals surface area contributed by atoms with Gasteiger partial charge in [0.05, 0.1) is 17.3 Å². The van der Waals surface area contributed by atoms with E-state index in [1.54, 1.807) is 7.11 Å². The Balaban J connectivity index is 2.18. The molecule has 0 bridgehead atoms. The highest BCUT2D eigenvalue weighted by Crippen LogP contribution is 2.34. The molecular formula is C17H27Br2NO. The fourth-order valence-corrected chi connectivity index (χ4v) is 3.60. The van der Waals surface area contributed by atoms with Gasteiger partial charge in [-0.3, -0.25) is 0 Å². The van der Waals surface area contributed by atoms with Gasteiger partial charge in [0, 0.05) is 17.1 Å². The number of nitrogens with one attached hydrogen (secondary N) is 1. The van der Waals surface area contributed by atoms with Crippen molar-refractivity contribution < 1.29 is 4.74 Å². The zero-order chi connectivity index (χ0) is 15.5. The quantitative estimate of drug-likeness (QED) is 0.398. The summed E-state index contributed by atoms with van der Waals surface area (Å²) < 4.78 is 7.36. The van der Waals surface area contributed by atoms with E-state index in [0.29, 0.717) is 0 Å². The van der Waals surface area contributed by atoms with Gasteiger partial charge >= 0.3 is 0 Å². The number of ether oxygens (including phenoxy) is 1. The van der Waals surface area contributed by atoms with Gasteiger partial charge < -0.3 is 10.1 Å². The molecule has 0 unspecified atom stereocenters. The van der Waals surface area contributed by atoms with Gasteiger partial charge in [0.15, 0.2) is 0 Å². The molecule has 0 heterocycles. The Bertz CT molecular complexity index is 410. The lowest BCUT2D eigenvalue weighted by atomic mass is 10.1. The molecule has 0 saturated heterocycles. The molecule has 0 spiro atoms. The average molecular weight is 421 g/mol. The maximum Gasteiger partial charge on any atom is 0.135 e. The van der Waals surface area contributed by atoms with Crippen LogP contribution in [0.15, 0.2) is 21.1 Å². The number of unbranched alkanes of at least 4 members (excludes halogenated alkanes) is 7. The van der Waals surface area contributed by atoms with Crippen molar-refractivity contribution in [1.82, 2.24) is 0 Å². The lowest BCUT2D eigenvalue weighted by molar-refractivity contribution is 0.412. The largest absolute Gasteiger partial charge is 0.495 e. The predicted octanol–water partition coefficient (Wildman–Crippen LogP) is 6.77. The third kappa shape index (κ3) is 7.55. The van der Waals surface area contributed by atoms with Crippen molar-refractivity contribution in [3.63, 3.8) is 0 Å². The van der Waals surface area contributed by atoms with Gasteiger partial charge in [-0.25, -0.2) is 0 Å². The molecule has 1 aromatic carbocycles. The molecular weight excluding hydrogens is 394 g/mol. The van der Waals surface area contributed by atoms with Crippen LogP contribution in [0, 0.1) is 0 Å². The van der Waals surface area contributed by atoms with Crippen LogP contribution >= 0.6 is 31.9 Å². The van der Waals surface area contributed by atoms with Gasteiger partial charge in [0.25, 0.3) is 0 Å². The Morgan fingerprint density at radius 3 is 2.14 bits per heavy atom. The highest BCUT2D eigenvalue weighted by molar-refractivity contribution is 9.11. The van der Waals surface area contributed by atoms with Crippen LogP contribution in [-0.2, 0) is 0 Å². The number of hydrogen-bond acceptors (Lipinski definition) is 2. The molecule has 1 N–H and O–H groups in total. The van der Waals surface area contributed by atoms with Crippen molar-refractivity contribution in [2.75, 3.05) is 19.0 Å². The van der Waals surface area contributed by atoms with Gasteiger partial charge in [-0.2, -0.15) is 0 Å². The SMILES string of the molecule is CCCCCCCCCCNc1cc(OC)c(Br)cc1Br. The first-order valence-electron chi connectivity index (χ1n) is 7.96. The second-order valence-corrected chi connectivity index (χ2v) is 7.08. The summed E-state index contributed by atoms with van der Waals surface area (Å²) in [5.41, 5.74) is 1.10. The number of methoxy groups -OCH3 is 1. The van der Waals surface area contributed by atoms with Crippen LogP contribution in [0.2, 0.25) is 0 Å². The Morgan fingerprint density at radius 1 is 0.905 bits per heavy atom. The summed E-state index contributed by atoms with van der Waals surface area (Å²) in [4.78, 5) is 0. The Kier molecular flexibility index (Phi) is 10.2. The fourth-order valence-electron chi connectivity index (χ4n) is 2.30. The summed E-state index contributed by atoms with van der Waals surface area (Å²) in [7, 11) is 1.69. The third-order valence-corrected chi connectivity index (χ3v) is 4.86. The number of rotatable bonds is 11. The van der Waals surface area contributed by atoms with Crippen molar-refractivity contribution >= 4 is 37.5 Å². The van der Waals surface area contributed by atoms with E-state index in [4.69, 9.17) is 4.74 Å².